The predicted molar refractivity (Wildman–Crippen MR) is 183 cm³/mol. The average Bonchev–Trinajstić information content (AvgIpc) is 3.48. The Morgan fingerprint density at radius 1 is 0.477 bits per heavy atom. The van der Waals surface area contributed by atoms with Crippen molar-refractivity contribution < 1.29 is 4.42 Å². The van der Waals surface area contributed by atoms with Crippen molar-refractivity contribution in [2.24, 2.45) is 0 Å². The largest absolute Gasteiger partial charge is 0.458 e. The van der Waals surface area contributed by atoms with Gasteiger partial charge in [-0.2, -0.15) is 0 Å². The summed E-state index contributed by atoms with van der Waals surface area (Å²) < 4.78 is 6.33. The van der Waals surface area contributed by atoms with Gasteiger partial charge in [0.1, 0.15) is 11.3 Å². The van der Waals surface area contributed by atoms with E-state index in [1.165, 1.54) is 33.4 Å². The molecule has 2 heterocycles. The Hall–Kier alpha value is -5.80. The first-order valence-corrected chi connectivity index (χ1v) is 15.0. The predicted octanol–water partition coefficient (Wildman–Crippen LogP) is 11.0. The molecule has 0 aliphatic carbocycles. The van der Waals surface area contributed by atoms with Gasteiger partial charge in [-0.1, -0.05) is 109 Å². The minimum absolute atomic E-state index is 0.700. The fraction of sp³-hybridized carbons (Fsp3) is 0.0244. The highest BCUT2D eigenvalue weighted by Crippen LogP contribution is 2.40. The molecule has 1 aliphatic rings. The number of anilines is 3. The molecule has 6 aromatic carbocycles. The molecule has 44 heavy (non-hydrogen) atoms. The van der Waals surface area contributed by atoms with Crippen LogP contribution in [-0.4, -0.2) is 0 Å². The van der Waals surface area contributed by atoms with Crippen LogP contribution in [0.1, 0.15) is 11.3 Å². The molecule has 0 atom stereocenters. The molecule has 0 saturated heterocycles. The SMILES string of the molecule is C1=Cc2c(oc3cc(N(c4ccc(-c5ccccc5)cc4)c4cccc(-c5ccc(-c6ccccc6)cc5)c4)ccc23)CN1. The fourth-order valence-electron chi connectivity index (χ4n) is 6.09. The molecular weight excluding hydrogens is 536 g/mol. The molecule has 8 rings (SSSR count). The second-order valence-electron chi connectivity index (χ2n) is 11.1. The summed E-state index contributed by atoms with van der Waals surface area (Å²) in [4.78, 5) is 2.31. The third-order valence-corrected chi connectivity index (χ3v) is 8.34. The Labute approximate surface area is 257 Å². The molecule has 0 saturated carbocycles. The summed E-state index contributed by atoms with van der Waals surface area (Å²) in [5, 5.41) is 4.39. The van der Waals surface area contributed by atoms with Crippen molar-refractivity contribution in [2.45, 2.75) is 6.54 Å². The van der Waals surface area contributed by atoms with Crippen LogP contribution >= 0.6 is 0 Å². The highest BCUT2D eigenvalue weighted by atomic mass is 16.3. The van der Waals surface area contributed by atoms with E-state index in [4.69, 9.17) is 4.42 Å². The van der Waals surface area contributed by atoms with E-state index in [0.29, 0.717) is 6.54 Å². The van der Waals surface area contributed by atoms with E-state index in [9.17, 15) is 0 Å². The van der Waals surface area contributed by atoms with Crippen LogP contribution in [-0.2, 0) is 6.54 Å². The molecule has 0 radical (unpaired) electrons. The van der Waals surface area contributed by atoms with Gasteiger partial charge in [0.05, 0.1) is 6.54 Å². The molecule has 7 aromatic rings. The number of fused-ring (bicyclic) bond motifs is 3. The quantitative estimate of drug-likeness (QED) is 0.217. The number of rotatable bonds is 6. The first-order chi connectivity index (χ1) is 21.8. The zero-order chi connectivity index (χ0) is 29.3. The number of benzene rings is 6. The first kappa shape index (κ1) is 25.9. The van der Waals surface area contributed by atoms with Crippen molar-refractivity contribution >= 4 is 34.1 Å². The van der Waals surface area contributed by atoms with Crippen LogP contribution in [0.15, 0.2) is 162 Å². The molecule has 0 unspecified atom stereocenters. The number of nitrogens with one attached hydrogen (secondary N) is 1. The van der Waals surface area contributed by atoms with Gasteiger partial charge in [-0.05, 0) is 82.1 Å². The molecule has 1 aromatic heterocycles. The first-order valence-electron chi connectivity index (χ1n) is 15.0. The van der Waals surface area contributed by atoms with E-state index in [-0.39, 0.29) is 0 Å². The molecule has 0 spiro atoms. The zero-order valence-electron chi connectivity index (χ0n) is 24.2. The Morgan fingerprint density at radius 2 is 1.02 bits per heavy atom. The number of furan rings is 1. The van der Waals surface area contributed by atoms with Crippen molar-refractivity contribution in [3.8, 4) is 33.4 Å². The molecule has 210 valence electrons. The van der Waals surface area contributed by atoms with Crippen molar-refractivity contribution in [3.63, 3.8) is 0 Å². The lowest BCUT2D eigenvalue weighted by atomic mass is 9.99. The standard InChI is InChI=1S/C41H30N2O/c1-3-8-29(9-4-1)31-14-16-33(17-15-31)34-12-7-13-36(26-34)43(35-20-18-32(19-21-35)30-10-5-2-6-11-30)37-22-23-38-39-24-25-42-28-41(39)44-40(38)27-37/h1-27,42H,28H2. The second kappa shape index (κ2) is 11.1. The minimum atomic E-state index is 0.700. The summed E-state index contributed by atoms with van der Waals surface area (Å²) >= 11 is 0. The maximum atomic E-state index is 6.33. The van der Waals surface area contributed by atoms with E-state index < -0.39 is 0 Å². The summed E-state index contributed by atoms with van der Waals surface area (Å²) in [7, 11) is 0. The zero-order valence-corrected chi connectivity index (χ0v) is 24.2. The lowest BCUT2D eigenvalue weighted by Crippen LogP contribution is -2.10. The maximum Gasteiger partial charge on any atom is 0.137 e. The molecule has 3 heteroatoms. The fourth-order valence-corrected chi connectivity index (χ4v) is 6.09. The Morgan fingerprint density at radius 3 is 1.70 bits per heavy atom. The van der Waals surface area contributed by atoms with Crippen LogP contribution in [0, 0.1) is 0 Å². The van der Waals surface area contributed by atoms with Crippen molar-refractivity contribution in [2.75, 3.05) is 4.90 Å². The summed E-state index contributed by atoms with van der Waals surface area (Å²) in [5.74, 6) is 0.972. The molecule has 0 amide bonds. The van der Waals surface area contributed by atoms with Gasteiger partial charge < -0.3 is 14.6 Å². The van der Waals surface area contributed by atoms with Gasteiger partial charge in [0.15, 0.2) is 0 Å². The van der Waals surface area contributed by atoms with E-state index in [1.54, 1.807) is 0 Å². The number of hydrogen-bond donors (Lipinski definition) is 1. The summed E-state index contributed by atoms with van der Waals surface area (Å²) in [6, 6.07) is 53.9. The third kappa shape index (κ3) is 4.85. The molecule has 0 fully saturated rings. The lowest BCUT2D eigenvalue weighted by Gasteiger charge is -2.26. The normalized spacial score (nSPS) is 12.1. The molecule has 1 N–H and O–H groups in total. The van der Waals surface area contributed by atoms with Gasteiger partial charge in [0.25, 0.3) is 0 Å². The van der Waals surface area contributed by atoms with Gasteiger partial charge in [-0.3, -0.25) is 0 Å². The Bertz CT molecular complexity index is 2090. The lowest BCUT2D eigenvalue weighted by molar-refractivity contribution is 0.532. The monoisotopic (exact) mass is 566 g/mol. The molecule has 1 aliphatic heterocycles. The van der Waals surface area contributed by atoms with E-state index in [1.807, 2.05) is 6.20 Å². The van der Waals surface area contributed by atoms with Crippen molar-refractivity contribution in [1.29, 1.82) is 0 Å². The Kier molecular flexibility index (Phi) is 6.54. The highest BCUT2D eigenvalue weighted by molar-refractivity contribution is 5.93. The number of nitrogens with zero attached hydrogens (tertiary/aromatic N) is 1. The van der Waals surface area contributed by atoms with E-state index >= 15 is 0 Å². The van der Waals surface area contributed by atoms with Crippen LogP contribution in [0.2, 0.25) is 0 Å². The maximum absolute atomic E-state index is 6.33. The number of hydrogen-bond acceptors (Lipinski definition) is 3. The van der Waals surface area contributed by atoms with Crippen LogP contribution in [0.5, 0.6) is 0 Å². The Balaban J connectivity index is 1.21. The molecule has 0 bridgehead atoms. The van der Waals surface area contributed by atoms with E-state index in [2.05, 4.69) is 168 Å². The highest BCUT2D eigenvalue weighted by Gasteiger charge is 2.19. The van der Waals surface area contributed by atoms with Gasteiger partial charge in [0, 0.05) is 34.1 Å². The van der Waals surface area contributed by atoms with Gasteiger partial charge in [0.2, 0.25) is 0 Å². The van der Waals surface area contributed by atoms with Gasteiger partial charge >= 0.3 is 0 Å². The van der Waals surface area contributed by atoms with Gasteiger partial charge in [-0.15, -0.1) is 0 Å². The van der Waals surface area contributed by atoms with Crippen molar-refractivity contribution in [3.05, 3.63) is 169 Å². The molecule has 3 nitrogen and oxygen atoms in total. The minimum Gasteiger partial charge on any atom is -0.458 e. The topological polar surface area (TPSA) is 28.4 Å². The average molecular weight is 567 g/mol. The van der Waals surface area contributed by atoms with Crippen molar-refractivity contribution in [1.82, 2.24) is 5.32 Å². The van der Waals surface area contributed by atoms with Crippen LogP contribution in [0.4, 0.5) is 17.1 Å². The summed E-state index contributed by atoms with van der Waals surface area (Å²) in [6.07, 6.45) is 4.08. The van der Waals surface area contributed by atoms with Gasteiger partial charge in [-0.25, -0.2) is 0 Å². The summed E-state index contributed by atoms with van der Waals surface area (Å²) in [5.41, 5.74) is 12.4. The summed E-state index contributed by atoms with van der Waals surface area (Å²) in [6.45, 7) is 0.700. The molecular formula is C41H30N2O. The van der Waals surface area contributed by atoms with Crippen LogP contribution < -0.4 is 10.2 Å². The van der Waals surface area contributed by atoms with E-state index in [0.717, 1.165) is 39.4 Å². The van der Waals surface area contributed by atoms with Crippen LogP contribution in [0.25, 0.3) is 50.4 Å². The van der Waals surface area contributed by atoms with Crippen LogP contribution in [0.3, 0.4) is 0 Å². The third-order valence-electron chi connectivity index (χ3n) is 8.34. The second-order valence-corrected chi connectivity index (χ2v) is 11.1. The smallest absolute Gasteiger partial charge is 0.137 e.